The lowest BCUT2D eigenvalue weighted by atomic mass is 10.2. The summed E-state index contributed by atoms with van der Waals surface area (Å²) in [5.41, 5.74) is 0.670. The zero-order valence-corrected chi connectivity index (χ0v) is 12.7. The Morgan fingerprint density at radius 1 is 1.15 bits per heavy atom. The molecule has 0 radical (unpaired) electrons. The molecule has 0 aromatic heterocycles. The molecule has 1 amide bonds. The predicted molar refractivity (Wildman–Crippen MR) is 76.1 cm³/mol. The number of nitrogens with one attached hydrogen (secondary N) is 1. The number of amides is 1. The third-order valence-corrected chi connectivity index (χ3v) is 3.23. The van der Waals surface area contributed by atoms with Crippen LogP contribution in [0.5, 0.6) is 5.75 Å². The maximum Gasteiger partial charge on any atom is 0.306 e. The van der Waals surface area contributed by atoms with E-state index in [4.69, 9.17) is 27.9 Å². The first-order valence-electron chi connectivity index (χ1n) is 5.83. The van der Waals surface area contributed by atoms with Crippen LogP contribution in [0.15, 0.2) is 12.1 Å². The number of hydrogen-bond acceptors (Lipinski definition) is 4. The lowest BCUT2D eigenvalue weighted by Gasteiger charge is -2.10. The van der Waals surface area contributed by atoms with Gasteiger partial charge in [-0.15, -0.1) is 0 Å². The number of ether oxygens (including phenoxy) is 2. The van der Waals surface area contributed by atoms with Gasteiger partial charge < -0.3 is 14.8 Å². The van der Waals surface area contributed by atoms with Crippen LogP contribution in [0, 0.1) is 0 Å². The molecule has 110 valence electrons. The minimum Gasteiger partial charge on any atom is -0.495 e. The quantitative estimate of drug-likeness (QED) is 0.818. The first-order chi connectivity index (χ1) is 9.47. The Bertz CT molecular complexity index is 505. The maximum absolute atomic E-state index is 11.5. The monoisotopic (exact) mass is 319 g/mol. The fraction of sp³-hybridized carbons (Fsp3) is 0.385. The number of halogens is 2. The van der Waals surface area contributed by atoms with Crippen molar-refractivity contribution in [1.29, 1.82) is 0 Å². The van der Waals surface area contributed by atoms with E-state index >= 15 is 0 Å². The Morgan fingerprint density at radius 3 is 2.45 bits per heavy atom. The molecule has 1 aromatic carbocycles. The molecule has 0 aliphatic rings. The lowest BCUT2D eigenvalue weighted by Crippen LogP contribution is -2.23. The van der Waals surface area contributed by atoms with Gasteiger partial charge >= 0.3 is 5.97 Å². The summed E-state index contributed by atoms with van der Waals surface area (Å²) in [7, 11) is 2.77. The van der Waals surface area contributed by atoms with Crippen LogP contribution in [0.3, 0.4) is 0 Å². The second kappa shape index (κ2) is 7.97. The third kappa shape index (κ3) is 4.90. The predicted octanol–water partition coefficient (Wildman–Crippen LogP) is 2.57. The number of esters is 1. The van der Waals surface area contributed by atoms with Crippen molar-refractivity contribution >= 4 is 35.1 Å². The van der Waals surface area contributed by atoms with Gasteiger partial charge in [0, 0.05) is 24.1 Å². The van der Waals surface area contributed by atoms with Gasteiger partial charge in [-0.25, -0.2) is 0 Å². The minimum absolute atomic E-state index is 0.0411. The molecule has 0 heterocycles. The first kappa shape index (κ1) is 16.6. The van der Waals surface area contributed by atoms with Crippen LogP contribution in [0.25, 0.3) is 0 Å². The van der Waals surface area contributed by atoms with E-state index in [1.165, 1.54) is 14.2 Å². The van der Waals surface area contributed by atoms with Gasteiger partial charge in [0.2, 0.25) is 5.91 Å². The molecule has 0 aliphatic carbocycles. The van der Waals surface area contributed by atoms with E-state index in [1.54, 1.807) is 12.1 Å². The van der Waals surface area contributed by atoms with Gasteiger partial charge in [0.05, 0.1) is 25.7 Å². The molecule has 0 fully saturated rings. The second-order valence-electron chi connectivity index (χ2n) is 3.93. The summed E-state index contributed by atoms with van der Waals surface area (Å²) in [5, 5.41) is 3.51. The fourth-order valence-corrected chi connectivity index (χ4v) is 1.95. The molecule has 20 heavy (non-hydrogen) atoms. The smallest absolute Gasteiger partial charge is 0.306 e. The highest BCUT2D eigenvalue weighted by molar-refractivity contribution is 6.34. The second-order valence-corrected chi connectivity index (χ2v) is 4.75. The van der Waals surface area contributed by atoms with Crippen LogP contribution in [0.2, 0.25) is 10.0 Å². The van der Waals surface area contributed by atoms with E-state index in [1.807, 2.05) is 0 Å². The van der Waals surface area contributed by atoms with Crippen LogP contribution >= 0.6 is 23.2 Å². The van der Waals surface area contributed by atoms with Crippen molar-refractivity contribution in [2.24, 2.45) is 0 Å². The van der Waals surface area contributed by atoms with Crippen LogP contribution < -0.4 is 10.1 Å². The molecule has 1 aromatic rings. The maximum atomic E-state index is 11.5. The first-order valence-corrected chi connectivity index (χ1v) is 6.59. The van der Waals surface area contributed by atoms with E-state index in [2.05, 4.69) is 10.1 Å². The number of carbonyl (C=O) groups is 2. The number of rotatable bonds is 6. The molecule has 1 N–H and O–H groups in total. The molecular weight excluding hydrogens is 305 g/mol. The highest BCUT2D eigenvalue weighted by Gasteiger charge is 2.10. The van der Waals surface area contributed by atoms with E-state index < -0.39 is 5.97 Å². The molecule has 7 heteroatoms. The van der Waals surface area contributed by atoms with Gasteiger partial charge in [0.1, 0.15) is 5.75 Å². The van der Waals surface area contributed by atoms with E-state index in [-0.39, 0.29) is 25.3 Å². The van der Waals surface area contributed by atoms with Crippen LogP contribution in [0.4, 0.5) is 0 Å². The number of carbonyl (C=O) groups excluding carboxylic acids is 2. The molecule has 0 aliphatic heterocycles. The van der Waals surface area contributed by atoms with Crippen molar-refractivity contribution in [2.75, 3.05) is 14.2 Å². The Hall–Kier alpha value is -1.46. The van der Waals surface area contributed by atoms with Crippen molar-refractivity contribution in [3.8, 4) is 5.75 Å². The summed E-state index contributed by atoms with van der Waals surface area (Å²) in [4.78, 5) is 22.4. The van der Waals surface area contributed by atoms with Crippen molar-refractivity contribution in [3.05, 3.63) is 27.7 Å². The average molecular weight is 320 g/mol. The molecule has 0 atom stereocenters. The van der Waals surface area contributed by atoms with Gasteiger partial charge in [-0.1, -0.05) is 23.2 Å². The largest absolute Gasteiger partial charge is 0.495 e. The van der Waals surface area contributed by atoms with Crippen LogP contribution in [-0.2, 0) is 20.9 Å². The number of benzene rings is 1. The van der Waals surface area contributed by atoms with Crippen LogP contribution in [0.1, 0.15) is 18.4 Å². The number of methoxy groups -OCH3 is 2. The van der Waals surface area contributed by atoms with E-state index in [0.29, 0.717) is 21.4 Å². The minimum atomic E-state index is -0.425. The van der Waals surface area contributed by atoms with Gasteiger partial charge in [0.15, 0.2) is 0 Å². The summed E-state index contributed by atoms with van der Waals surface area (Å²) in [6.07, 6.45) is 0.105. The summed E-state index contributed by atoms with van der Waals surface area (Å²) < 4.78 is 9.48. The molecule has 0 unspecified atom stereocenters. The molecule has 5 nitrogen and oxygen atoms in total. The Labute approximate surface area is 127 Å². The van der Waals surface area contributed by atoms with Crippen molar-refractivity contribution in [3.63, 3.8) is 0 Å². The van der Waals surface area contributed by atoms with Gasteiger partial charge in [-0.3, -0.25) is 9.59 Å². The molecular formula is C13H15Cl2NO4. The molecule has 0 saturated heterocycles. The van der Waals surface area contributed by atoms with Crippen molar-refractivity contribution < 1.29 is 19.1 Å². The van der Waals surface area contributed by atoms with Crippen molar-refractivity contribution in [1.82, 2.24) is 5.32 Å². The summed E-state index contributed by atoms with van der Waals surface area (Å²) >= 11 is 12.0. The van der Waals surface area contributed by atoms with E-state index in [9.17, 15) is 9.59 Å². The van der Waals surface area contributed by atoms with Crippen molar-refractivity contribution in [2.45, 2.75) is 19.4 Å². The summed E-state index contributed by atoms with van der Waals surface area (Å²) in [6.45, 7) is 0.225. The van der Waals surface area contributed by atoms with Gasteiger partial charge in [-0.2, -0.15) is 0 Å². The molecule has 1 rings (SSSR count). The Kier molecular flexibility index (Phi) is 6.61. The van der Waals surface area contributed by atoms with Gasteiger partial charge in [-0.05, 0) is 11.6 Å². The SMILES string of the molecule is COC(=O)CCC(=O)NCc1cc(Cl)c(OC)cc1Cl. The summed E-state index contributed by atoms with van der Waals surface area (Å²) in [6, 6.07) is 3.21. The average Bonchev–Trinajstić information content (AvgIpc) is 2.44. The van der Waals surface area contributed by atoms with Gasteiger partial charge in [0.25, 0.3) is 0 Å². The third-order valence-electron chi connectivity index (χ3n) is 2.58. The zero-order chi connectivity index (χ0) is 15.1. The topological polar surface area (TPSA) is 64.6 Å². The molecule has 0 bridgehead atoms. The highest BCUT2D eigenvalue weighted by atomic mass is 35.5. The Balaban J connectivity index is 2.55. The standard InChI is InChI=1S/C13H15Cl2NO4/c1-19-11-6-9(14)8(5-10(11)15)7-16-12(17)3-4-13(18)20-2/h5-6H,3-4,7H2,1-2H3,(H,16,17). The van der Waals surface area contributed by atoms with Crippen LogP contribution in [-0.4, -0.2) is 26.1 Å². The fourth-order valence-electron chi connectivity index (χ4n) is 1.46. The zero-order valence-electron chi connectivity index (χ0n) is 11.2. The molecule has 0 spiro atoms. The Morgan fingerprint density at radius 2 is 1.85 bits per heavy atom. The lowest BCUT2D eigenvalue weighted by molar-refractivity contribution is -0.142. The highest BCUT2D eigenvalue weighted by Crippen LogP contribution is 2.30. The van der Waals surface area contributed by atoms with E-state index in [0.717, 1.165) is 0 Å². The molecule has 0 saturated carbocycles. The summed E-state index contributed by atoms with van der Waals surface area (Å²) in [5.74, 6) is -0.221. The normalized spacial score (nSPS) is 10.0. The number of hydrogen-bond donors (Lipinski definition) is 1.